The third-order valence-electron chi connectivity index (χ3n) is 13.3. The second-order valence-corrected chi connectivity index (χ2v) is 19.3. The van der Waals surface area contributed by atoms with Crippen molar-refractivity contribution in [3.05, 3.63) is 205 Å². The summed E-state index contributed by atoms with van der Waals surface area (Å²) < 4.78 is 0. The minimum absolute atomic E-state index is 0.0633. The van der Waals surface area contributed by atoms with Gasteiger partial charge in [0.15, 0.2) is 0 Å². The molecule has 0 nitrogen and oxygen atoms in total. The van der Waals surface area contributed by atoms with E-state index in [9.17, 15) is 0 Å². The highest BCUT2D eigenvalue weighted by atomic mass is 14.2. The Balaban J connectivity index is 1.30. The maximum Gasteiger partial charge on any atom is -0.00199 e. The number of hydrogen-bond donors (Lipinski definition) is 0. The zero-order valence-electron chi connectivity index (χ0n) is 36.5. The molecule has 0 spiro atoms. The van der Waals surface area contributed by atoms with Gasteiger partial charge in [-0.05, 0) is 167 Å². The fourth-order valence-corrected chi connectivity index (χ4v) is 9.95. The van der Waals surface area contributed by atoms with Gasteiger partial charge in [0.05, 0.1) is 0 Å². The molecule has 0 saturated heterocycles. The molecule has 0 fully saturated rings. The van der Waals surface area contributed by atoms with Crippen LogP contribution in [0.3, 0.4) is 0 Å². The highest BCUT2D eigenvalue weighted by Gasteiger charge is 2.22. The summed E-state index contributed by atoms with van der Waals surface area (Å²) in [6.45, 7) is 13.7. The Morgan fingerprint density at radius 3 is 1.23 bits per heavy atom. The van der Waals surface area contributed by atoms with Crippen LogP contribution in [-0.2, 0) is 10.8 Å². The van der Waals surface area contributed by atoms with Crippen LogP contribution in [0.2, 0.25) is 0 Å². The molecule has 0 heteroatoms. The van der Waals surface area contributed by atoms with Crippen molar-refractivity contribution in [1.82, 2.24) is 0 Å². The van der Waals surface area contributed by atoms with E-state index in [1.165, 1.54) is 120 Å². The second kappa shape index (κ2) is 14.3. The second-order valence-electron chi connectivity index (χ2n) is 19.3. The molecule has 298 valence electrons. The van der Waals surface area contributed by atoms with Gasteiger partial charge in [-0.2, -0.15) is 0 Å². The van der Waals surface area contributed by atoms with E-state index >= 15 is 0 Å². The van der Waals surface area contributed by atoms with Crippen LogP contribution in [0.5, 0.6) is 0 Å². The summed E-state index contributed by atoms with van der Waals surface area (Å²) in [5, 5.41) is 15.1. The first-order chi connectivity index (χ1) is 30.0. The zero-order valence-corrected chi connectivity index (χ0v) is 36.5. The predicted molar refractivity (Wildman–Crippen MR) is 271 cm³/mol. The summed E-state index contributed by atoms with van der Waals surface area (Å²) >= 11 is 0. The fourth-order valence-electron chi connectivity index (χ4n) is 9.95. The average Bonchev–Trinajstić information content (AvgIpc) is 3.29. The van der Waals surface area contributed by atoms with Gasteiger partial charge in [-0.3, -0.25) is 0 Å². The average molecular weight is 795 g/mol. The predicted octanol–water partition coefficient (Wildman–Crippen LogP) is 17.9. The van der Waals surface area contributed by atoms with Crippen LogP contribution < -0.4 is 0 Å². The summed E-state index contributed by atoms with van der Waals surface area (Å²) in [5.74, 6) is 0. The van der Waals surface area contributed by atoms with Crippen molar-refractivity contribution < 1.29 is 0 Å². The molecule has 62 heavy (non-hydrogen) atoms. The van der Waals surface area contributed by atoms with Gasteiger partial charge in [0.25, 0.3) is 0 Å². The normalized spacial score (nSPS) is 12.4. The molecule has 0 heterocycles. The summed E-state index contributed by atoms with van der Waals surface area (Å²) in [4.78, 5) is 0. The van der Waals surface area contributed by atoms with E-state index in [2.05, 4.69) is 236 Å². The molecule has 0 bridgehead atoms. The van der Waals surface area contributed by atoms with E-state index in [-0.39, 0.29) is 10.8 Å². The standard InChI is InChI=1S/C62H50/c1-61(2,3)46-28-23-39(24-29-46)41-27-32-50-45(33-41)38-57-56(55-34-42-15-7-9-17-48(42)51-19-11-13-21-53(51)55)36-44(40-25-30-47(31-26-40)62(4,5)6)37-59(57)60(50)58-35-43-16-8-10-18-49(43)52-20-12-14-22-54(52)58/h7-38H,1-6H3. The van der Waals surface area contributed by atoms with Gasteiger partial charge in [0.1, 0.15) is 0 Å². The van der Waals surface area contributed by atoms with E-state index in [0.717, 1.165) is 0 Å². The highest BCUT2D eigenvalue weighted by molar-refractivity contribution is 6.25. The van der Waals surface area contributed by atoms with Crippen LogP contribution in [0, 0.1) is 0 Å². The van der Waals surface area contributed by atoms with E-state index in [1.807, 2.05) is 0 Å². The van der Waals surface area contributed by atoms with Gasteiger partial charge in [-0.15, -0.1) is 0 Å². The van der Waals surface area contributed by atoms with Gasteiger partial charge in [-0.25, -0.2) is 0 Å². The maximum absolute atomic E-state index is 2.48. The van der Waals surface area contributed by atoms with Crippen molar-refractivity contribution >= 4 is 64.6 Å². The molecule has 11 rings (SSSR count). The first kappa shape index (κ1) is 37.9. The van der Waals surface area contributed by atoms with Crippen LogP contribution in [0.25, 0.3) is 109 Å². The van der Waals surface area contributed by atoms with Crippen molar-refractivity contribution in [2.75, 3.05) is 0 Å². The van der Waals surface area contributed by atoms with Crippen LogP contribution >= 0.6 is 0 Å². The first-order valence-corrected chi connectivity index (χ1v) is 22.1. The van der Waals surface area contributed by atoms with Crippen molar-refractivity contribution in [2.24, 2.45) is 0 Å². The first-order valence-electron chi connectivity index (χ1n) is 22.1. The molecule has 11 aromatic carbocycles. The van der Waals surface area contributed by atoms with Crippen molar-refractivity contribution in [3.63, 3.8) is 0 Å². The highest BCUT2D eigenvalue weighted by Crippen LogP contribution is 2.48. The van der Waals surface area contributed by atoms with E-state index in [0.29, 0.717) is 0 Å². The van der Waals surface area contributed by atoms with Crippen LogP contribution in [0.15, 0.2) is 194 Å². The Morgan fingerprint density at radius 1 is 0.242 bits per heavy atom. The number of hydrogen-bond acceptors (Lipinski definition) is 0. The van der Waals surface area contributed by atoms with E-state index < -0.39 is 0 Å². The van der Waals surface area contributed by atoms with E-state index in [4.69, 9.17) is 0 Å². The molecule has 0 aromatic heterocycles. The van der Waals surface area contributed by atoms with Crippen molar-refractivity contribution in [3.8, 4) is 44.5 Å². The molecule has 0 aliphatic rings. The van der Waals surface area contributed by atoms with Gasteiger partial charge in [0.2, 0.25) is 0 Å². The minimum atomic E-state index is 0.0633. The monoisotopic (exact) mass is 794 g/mol. The Bertz CT molecular complexity index is 3550. The Morgan fingerprint density at radius 2 is 0.677 bits per heavy atom. The maximum atomic E-state index is 2.48. The molecule has 11 aromatic rings. The molecular weight excluding hydrogens is 745 g/mol. The van der Waals surface area contributed by atoms with Gasteiger partial charge in [0, 0.05) is 0 Å². The Hall–Kier alpha value is -7.02. The molecular formula is C62H50. The lowest BCUT2D eigenvalue weighted by molar-refractivity contribution is 0.590. The summed E-state index contributed by atoms with van der Waals surface area (Å²) in [6, 6.07) is 73.6. The van der Waals surface area contributed by atoms with E-state index in [1.54, 1.807) is 0 Å². The lowest BCUT2D eigenvalue weighted by Crippen LogP contribution is -2.10. The number of rotatable bonds is 4. The summed E-state index contributed by atoms with van der Waals surface area (Å²) in [7, 11) is 0. The number of fused-ring (bicyclic) bond motifs is 8. The topological polar surface area (TPSA) is 0 Å². The van der Waals surface area contributed by atoms with Gasteiger partial charge in [-0.1, -0.05) is 199 Å². The largest absolute Gasteiger partial charge is 0.0616 e. The molecule has 0 saturated carbocycles. The summed E-state index contributed by atoms with van der Waals surface area (Å²) in [6.07, 6.45) is 0. The van der Waals surface area contributed by atoms with Crippen molar-refractivity contribution in [2.45, 2.75) is 52.4 Å². The fraction of sp³-hybridized carbons (Fsp3) is 0.129. The smallest absolute Gasteiger partial charge is 0.00199 e. The zero-order chi connectivity index (χ0) is 42.3. The molecule has 0 aliphatic heterocycles. The lowest BCUT2D eigenvalue weighted by atomic mass is 9.82. The van der Waals surface area contributed by atoms with Crippen LogP contribution in [0.4, 0.5) is 0 Å². The third kappa shape index (κ3) is 6.36. The van der Waals surface area contributed by atoms with Crippen LogP contribution in [0.1, 0.15) is 52.7 Å². The van der Waals surface area contributed by atoms with Gasteiger partial charge < -0.3 is 0 Å². The molecule has 0 N–H and O–H groups in total. The quantitative estimate of drug-likeness (QED) is 0.123. The lowest BCUT2D eigenvalue weighted by Gasteiger charge is -2.22. The Kier molecular flexibility index (Phi) is 8.74. The third-order valence-corrected chi connectivity index (χ3v) is 13.3. The number of benzene rings is 11. The molecule has 0 aliphatic carbocycles. The molecule has 0 radical (unpaired) electrons. The van der Waals surface area contributed by atoms with Crippen LogP contribution in [-0.4, -0.2) is 0 Å². The Labute approximate surface area is 365 Å². The SMILES string of the molecule is CC(C)(C)c1ccc(-c2ccc3c(-c4cc5ccccc5c5ccccc45)c4cc(-c5ccc(C(C)(C)C)cc5)cc(-c5cc6ccccc6c6ccccc56)c4cc3c2)cc1. The molecule has 0 atom stereocenters. The minimum Gasteiger partial charge on any atom is -0.0616 e. The molecule has 0 unspecified atom stereocenters. The van der Waals surface area contributed by atoms with Crippen molar-refractivity contribution in [1.29, 1.82) is 0 Å². The van der Waals surface area contributed by atoms with Gasteiger partial charge >= 0.3 is 0 Å². The summed E-state index contributed by atoms with van der Waals surface area (Å²) in [5.41, 5.74) is 12.7. The molecule has 0 amide bonds.